The van der Waals surface area contributed by atoms with E-state index in [1.165, 1.54) is 17.7 Å². The fourth-order valence-electron chi connectivity index (χ4n) is 3.61. The lowest BCUT2D eigenvalue weighted by atomic mass is 9.75. The van der Waals surface area contributed by atoms with Gasteiger partial charge in [0.25, 0.3) is 0 Å². The molecule has 0 spiro atoms. The van der Waals surface area contributed by atoms with Crippen molar-refractivity contribution in [2.24, 2.45) is 5.73 Å². The number of halogens is 1. The van der Waals surface area contributed by atoms with Gasteiger partial charge in [-0.25, -0.2) is 4.39 Å². The number of carbonyl (C=O) groups excluding carboxylic acids is 1. The first-order valence-corrected chi connectivity index (χ1v) is 7.74. The molecule has 1 saturated carbocycles. The second kappa shape index (κ2) is 5.91. The van der Waals surface area contributed by atoms with Crippen LogP contribution in [0.5, 0.6) is 0 Å². The molecule has 1 aliphatic carbocycles. The molecule has 0 bridgehead atoms. The van der Waals surface area contributed by atoms with Gasteiger partial charge in [0.1, 0.15) is 5.82 Å². The predicted octanol–water partition coefficient (Wildman–Crippen LogP) is 4.18. The SMILES string of the molecule is NC(=O)CC1(c2ccc(-c3ccc(F)cc3)cc2)CCCC1. The van der Waals surface area contributed by atoms with Crippen molar-refractivity contribution in [2.45, 2.75) is 37.5 Å². The lowest BCUT2D eigenvalue weighted by Gasteiger charge is -2.28. The average molecular weight is 297 g/mol. The lowest BCUT2D eigenvalue weighted by molar-refractivity contribution is -0.119. The van der Waals surface area contributed by atoms with Crippen LogP contribution in [0.2, 0.25) is 0 Å². The van der Waals surface area contributed by atoms with Crippen LogP contribution in [0, 0.1) is 5.82 Å². The van der Waals surface area contributed by atoms with E-state index in [1.54, 1.807) is 12.1 Å². The molecule has 2 nitrogen and oxygen atoms in total. The predicted molar refractivity (Wildman–Crippen MR) is 85.8 cm³/mol. The molecule has 1 aliphatic rings. The first-order valence-electron chi connectivity index (χ1n) is 7.74. The summed E-state index contributed by atoms with van der Waals surface area (Å²) in [4.78, 5) is 11.4. The number of carbonyl (C=O) groups is 1. The number of nitrogens with two attached hydrogens (primary N) is 1. The van der Waals surface area contributed by atoms with E-state index in [0.29, 0.717) is 6.42 Å². The van der Waals surface area contributed by atoms with Crippen molar-refractivity contribution >= 4 is 5.91 Å². The van der Waals surface area contributed by atoms with Crippen molar-refractivity contribution in [2.75, 3.05) is 0 Å². The minimum Gasteiger partial charge on any atom is -0.370 e. The summed E-state index contributed by atoms with van der Waals surface area (Å²) < 4.78 is 13.0. The van der Waals surface area contributed by atoms with Crippen molar-refractivity contribution in [1.82, 2.24) is 0 Å². The molecule has 0 atom stereocenters. The molecule has 0 aliphatic heterocycles. The van der Waals surface area contributed by atoms with E-state index < -0.39 is 0 Å². The van der Waals surface area contributed by atoms with Crippen LogP contribution in [-0.4, -0.2) is 5.91 Å². The molecule has 0 unspecified atom stereocenters. The summed E-state index contributed by atoms with van der Waals surface area (Å²) in [5, 5.41) is 0. The van der Waals surface area contributed by atoms with Crippen LogP contribution in [-0.2, 0) is 10.2 Å². The number of rotatable bonds is 4. The van der Waals surface area contributed by atoms with Gasteiger partial charge >= 0.3 is 0 Å². The fourth-order valence-corrected chi connectivity index (χ4v) is 3.61. The third-order valence-electron chi connectivity index (χ3n) is 4.75. The van der Waals surface area contributed by atoms with Gasteiger partial charge in [-0.15, -0.1) is 0 Å². The zero-order valence-electron chi connectivity index (χ0n) is 12.5. The second-order valence-electron chi connectivity index (χ2n) is 6.21. The molecular formula is C19H20FNO. The van der Waals surface area contributed by atoms with Gasteiger partial charge < -0.3 is 5.73 Å². The highest BCUT2D eigenvalue weighted by Gasteiger charge is 2.36. The Bertz CT molecular complexity index is 655. The Hall–Kier alpha value is -2.16. The molecular weight excluding hydrogens is 277 g/mol. The Kier molecular flexibility index (Phi) is 3.97. The fraction of sp³-hybridized carbons (Fsp3) is 0.316. The molecule has 2 aromatic rings. The topological polar surface area (TPSA) is 43.1 Å². The highest BCUT2D eigenvalue weighted by atomic mass is 19.1. The van der Waals surface area contributed by atoms with Gasteiger partial charge in [0, 0.05) is 11.8 Å². The van der Waals surface area contributed by atoms with Gasteiger partial charge in [-0.05, 0) is 41.7 Å². The summed E-state index contributed by atoms with van der Waals surface area (Å²) in [6.45, 7) is 0. The Morgan fingerprint density at radius 1 is 0.955 bits per heavy atom. The molecule has 0 saturated heterocycles. The van der Waals surface area contributed by atoms with E-state index in [0.717, 1.165) is 36.8 Å². The summed E-state index contributed by atoms with van der Waals surface area (Å²) in [7, 11) is 0. The smallest absolute Gasteiger partial charge is 0.218 e. The molecule has 2 aromatic carbocycles. The molecule has 0 radical (unpaired) electrons. The van der Waals surface area contributed by atoms with Gasteiger partial charge in [-0.3, -0.25) is 4.79 Å². The highest BCUT2D eigenvalue weighted by molar-refractivity contribution is 5.76. The van der Waals surface area contributed by atoms with Gasteiger partial charge in [0.2, 0.25) is 5.91 Å². The summed E-state index contributed by atoms with van der Waals surface area (Å²) >= 11 is 0. The molecule has 3 rings (SSSR count). The quantitative estimate of drug-likeness (QED) is 0.904. The van der Waals surface area contributed by atoms with E-state index in [1.807, 2.05) is 12.1 Å². The average Bonchev–Trinajstić information content (AvgIpc) is 2.97. The van der Waals surface area contributed by atoms with Crippen molar-refractivity contribution in [3.05, 3.63) is 59.9 Å². The standard InChI is InChI=1S/C19H20FNO/c20-17-9-5-15(6-10-17)14-3-7-16(8-4-14)19(13-18(21)22)11-1-2-12-19/h3-10H,1-2,11-13H2,(H2,21,22). The summed E-state index contributed by atoms with van der Waals surface area (Å²) in [5.74, 6) is -0.462. The van der Waals surface area contributed by atoms with Crippen molar-refractivity contribution < 1.29 is 9.18 Å². The second-order valence-corrected chi connectivity index (χ2v) is 6.21. The van der Waals surface area contributed by atoms with Crippen LogP contribution in [0.3, 0.4) is 0 Å². The molecule has 2 N–H and O–H groups in total. The number of benzene rings is 2. The monoisotopic (exact) mass is 297 g/mol. The zero-order chi connectivity index (χ0) is 15.6. The van der Waals surface area contributed by atoms with Crippen molar-refractivity contribution in [3.8, 4) is 11.1 Å². The number of amides is 1. The van der Waals surface area contributed by atoms with Crippen LogP contribution >= 0.6 is 0 Å². The minimum absolute atomic E-state index is 0.0901. The van der Waals surface area contributed by atoms with Crippen LogP contribution in [0.25, 0.3) is 11.1 Å². The Labute approximate surface area is 130 Å². The largest absolute Gasteiger partial charge is 0.370 e. The van der Waals surface area contributed by atoms with Crippen LogP contribution in [0.1, 0.15) is 37.7 Å². The highest BCUT2D eigenvalue weighted by Crippen LogP contribution is 2.44. The Morgan fingerprint density at radius 3 is 1.95 bits per heavy atom. The lowest BCUT2D eigenvalue weighted by Crippen LogP contribution is -2.29. The van der Waals surface area contributed by atoms with Crippen molar-refractivity contribution in [3.63, 3.8) is 0 Å². The summed E-state index contributed by atoms with van der Waals surface area (Å²) in [5.41, 5.74) is 8.60. The number of hydrogen-bond acceptors (Lipinski definition) is 1. The maximum atomic E-state index is 13.0. The normalized spacial score (nSPS) is 16.6. The molecule has 1 amide bonds. The third-order valence-corrected chi connectivity index (χ3v) is 4.75. The van der Waals surface area contributed by atoms with E-state index in [9.17, 15) is 9.18 Å². The molecule has 22 heavy (non-hydrogen) atoms. The molecule has 114 valence electrons. The maximum Gasteiger partial charge on any atom is 0.218 e. The Balaban J connectivity index is 1.89. The number of primary amides is 1. The van der Waals surface area contributed by atoms with Crippen LogP contribution < -0.4 is 5.73 Å². The zero-order valence-corrected chi connectivity index (χ0v) is 12.5. The molecule has 0 heterocycles. The summed E-state index contributed by atoms with van der Waals surface area (Å²) in [6, 6.07) is 14.8. The first kappa shape index (κ1) is 14.8. The van der Waals surface area contributed by atoms with Gasteiger partial charge in [-0.2, -0.15) is 0 Å². The Morgan fingerprint density at radius 2 is 1.45 bits per heavy atom. The van der Waals surface area contributed by atoms with Crippen LogP contribution in [0.4, 0.5) is 4.39 Å². The number of hydrogen-bond donors (Lipinski definition) is 1. The summed E-state index contributed by atoms with van der Waals surface area (Å²) in [6.07, 6.45) is 4.75. The molecule has 0 aromatic heterocycles. The van der Waals surface area contributed by atoms with Gasteiger partial charge in [0.05, 0.1) is 0 Å². The van der Waals surface area contributed by atoms with E-state index in [2.05, 4.69) is 12.1 Å². The van der Waals surface area contributed by atoms with E-state index in [4.69, 9.17) is 5.73 Å². The first-order chi connectivity index (χ1) is 10.6. The minimum atomic E-state index is -0.232. The van der Waals surface area contributed by atoms with Gasteiger partial charge in [-0.1, -0.05) is 49.2 Å². The molecule has 3 heteroatoms. The maximum absolute atomic E-state index is 13.0. The molecule has 1 fully saturated rings. The van der Waals surface area contributed by atoms with Crippen LogP contribution in [0.15, 0.2) is 48.5 Å². The van der Waals surface area contributed by atoms with E-state index >= 15 is 0 Å². The van der Waals surface area contributed by atoms with Gasteiger partial charge in [0.15, 0.2) is 0 Å². The van der Waals surface area contributed by atoms with E-state index in [-0.39, 0.29) is 17.1 Å². The van der Waals surface area contributed by atoms with Crippen molar-refractivity contribution in [1.29, 1.82) is 0 Å². The third kappa shape index (κ3) is 2.89.